The molecule has 2 aromatic rings. The Morgan fingerprint density at radius 1 is 1.21 bits per heavy atom. The first-order valence-corrected chi connectivity index (χ1v) is 5.79. The Labute approximate surface area is 111 Å². The minimum Gasteiger partial charge on any atom is -0.384 e. The highest BCUT2D eigenvalue weighted by Crippen LogP contribution is 2.07. The third-order valence-electron chi connectivity index (χ3n) is 2.55. The number of anilines is 2. The summed E-state index contributed by atoms with van der Waals surface area (Å²) < 4.78 is 0. The maximum absolute atomic E-state index is 11.9. The van der Waals surface area contributed by atoms with E-state index in [1.807, 2.05) is 25.1 Å². The van der Waals surface area contributed by atoms with Crippen LogP contribution in [-0.2, 0) is 0 Å². The van der Waals surface area contributed by atoms with Crippen molar-refractivity contribution in [1.82, 2.24) is 15.4 Å². The molecular formula is C13H15N5O. The number of carbonyl (C=O) groups is 1. The largest absolute Gasteiger partial charge is 0.384 e. The quantitative estimate of drug-likeness (QED) is 0.723. The van der Waals surface area contributed by atoms with Gasteiger partial charge in [-0.25, -0.2) is 4.98 Å². The average molecular weight is 257 g/mol. The van der Waals surface area contributed by atoms with Crippen LogP contribution in [0.1, 0.15) is 21.6 Å². The van der Waals surface area contributed by atoms with Crippen LogP contribution >= 0.6 is 0 Å². The maximum atomic E-state index is 11.9. The molecule has 0 saturated carbocycles. The van der Waals surface area contributed by atoms with Crippen LogP contribution in [0.25, 0.3) is 0 Å². The molecule has 0 fully saturated rings. The lowest BCUT2D eigenvalue weighted by Crippen LogP contribution is -2.31. The fourth-order valence-electron chi connectivity index (χ4n) is 1.66. The summed E-state index contributed by atoms with van der Waals surface area (Å²) in [5, 5.41) is 0. The van der Waals surface area contributed by atoms with Crippen molar-refractivity contribution in [1.29, 1.82) is 0 Å². The van der Waals surface area contributed by atoms with Crippen LogP contribution in [0.5, 0.6) is 0 Å². The number of hydrogen-bond donors (Lipinski definition) is 3. The van der Waals surface area contributed by atoms with E-state index in [9.17, 15) is 4.79 Å². The minimum atomic E-state index is -0.248. The number of nitrogens with two attached hydrogens (primary N) is 1. The molecule has 0 atom stereocenters. The molecule has 0 spiro atoms. The van der Waals surface area contributed by atoms with Crippen molar-refractivity contribution in [3.05, 3.63) is 47.2 Å². The molecule has 0 saturated heterocycles. The van der Waals surface area contributed by atoms with Crippen molar-refractivity contribution < 1.29 is 4.79 Å². The SMILES string of the molecule is Cc1cc(N)nc(NNC(=O)c2ccccc2C)n1. The van der Waals surface area contributed by atoms with E-state index in [1.165, 1.54) is 0 Å². The van der Waals surface area contributed by atoms with Crippen molar-refractivity contribution in [2.75, 3.05) is 11.2 Å². The number of aryl methyl sites for hydroxylation is 2. The highest BCUT2D eigenvalue weighted by molar-refractivity contribution is 5.96. The van der Waals surface area contributed by atoms with Gasteiger partial charge in [0.1, 0.15) is 5.82 Å². The predicted octanol–water partition coefficient (Wildman–Crippen LogP) is 1.43. The molecule has 0 bridgehead atoms. The highest BCUT2D eigenvalue weighted by atomic mass is 16.2. The van der Waals surface area contributed by atoms with Gasteiger partial charge in [-0.1, -0.05) is 18.2 Å². The third kappa shape index (κ3) is 3.19. The normalized spacial score (nSPS) is 10.0. The van der Waals surface area contributed by atoms with Gasteiger partial charge in [0.2, 0.25) is 5.95 Å². The molecule has 1 heterocycles. The van der Waals surface area contributed by atoms with E-state index in [1.54, 1.807) is 19.1 Å². The molecule has 0 radical (unpaired) electrons. The minimum absolute atomic E-state index is 0.248. The summed E-state index contributed by atoms with van der Waals surface area (Å²) in [5.74, 6) is 0.362. The van der Waals surface area contributed by atoms with Crippen molar-refractivity contribution in [2.45, 2.75) is 13.8 Å². The van der Waals surface area contributed by atoms with Crippen LogP contribution in [0.4, 0.5) is 11.8 Å². The first-order valence-electron chi connectivity index (χ1n) is 5.79. The van der Waals surface area contributed by atoms with Gasteiger partial charge in [0.05, 0.1) is 0 Å². The molecule has 2 rings (SSSR count). The Kier molecular flexibility index (Phi) is 3.61. The molecule has 0 aliphatic carbocycles. The molecule has 1 aromatic carbocycles. The Hall–Kier alpha value is -2.63. The van der Waals surface area contributed by atoms with E-state index in [4.69, 9.17) is 5.73 Å². The van der Waals surface area contributed by atoms with E-state index < -0.39 is 0 Å². The van der Waals surface area contributed by atoms with Crippen LogP contribution in [0.3, 0.4) is 0 Å². The van der Waals surface area contributed by atoms with Crippen molar-refractivity contribution >= 4 is 17.7 Å². The van der Waals surface area contributed by atoms with E-state index in [0.29, 0.717) is 11.4 Å². The molecule has 6 nitrogen and oxygen atoms in total. The number of amides is 1. The zero-order valence-corrected chi connectivity index (χ0v) is 10.8. The van der Waals surface area contributed by atoms with Crippen molar-refractivity contribution in [3.8, 4) is 0 Å². The first-order chi connectivity index (χ1) is 9.06. The second-order valence-corrected chi connectivity index (χ2v) is 4.15. The molecule has 0 aliphatic rings. The van der Waals surface area contributed by atoms with Crippen LogP contribution in [0.2, 0.25) is 0 Å². The third-order valence-corrected chi connectivity index (χ3v) is 2.55. The lowest BCUT2D eigenvalue weighted by molar-refractivity contribution is 0.0961. The van der Waals surface area contributed by atoms with Crippen LogP contribution in [0.15, 0.2) is 30.3 Å². The Balaban J connectivity index is 2.07. The van der Waals surface area contributed by atoms with E-state index in [2.05, 4.69) is 20.8 Å². The Bertz CT molecular complexity index is 591. The smallest absolute Gasteiger partial charge is 0.269 e. The number of carbonyl (C=O) groups excluding carboxylic acids is 1. The molecule has 19 heavy (non-hydrogen) atoms. The van der Waals surface area contributed by atoms with E-state index in [0.717, 1.165) is 11.3 Å². The number of nitrogens with one attached hydrogen (secondary N) is 2. The summed E-state index contributed by atoms with van der Waals surface area (Å²) in [6, 6.07) is 8.95. The summed E-state index contributed by atoms with van der Waals surface area (Å²) in [6.07, 6.45) is 0. The van der Waals surface area contributed by atoms with Gasteiger partial charge in [-0.15, -0.1) is 0 Å². The fourth-order valence-corrected chi connectivity index (χ4v) is 1.66. The second kappa shape index (κ2) is 5.34. The number of nitrogen functional groups attached to an aromatic ring is 1. The van der Waals surface area contributed by atoms with Crippen LogP contribution in [-0.4, -0.2) is 15.9 Å². The van der Waals surface area contributed by atoms with Crippen molar-refractivity contribution in [2.24, 2.45) is 0 Å². The summed E-state index contributed by atoms with van der Waals surface area (Å²) in [6.45, 7) is 3.67. The molecule has 1 amide bonds. The van der Waals surface area contributed by atoms with Gasteiger partial charge in [0.25, 0.3) is 5.91 Å². The van der Waals surface area contributed by atoms with Crippen LogP contribution in [0, 0.1) is 13.8 Å². The molecule has 4 N–H and O–H groups in total. The number of hydrazine groups is 1. The first kappa shape index (κ1) is 12.8. The summed E-state index contributed by atoms with van der Waals surface area (Å²) in [5.41, 5.74) is 13.0. The van der Waals surface area contributed by atoms with Crippen LogP contribution < -0.4 is 16.6 Å². The van der Waals surface area contributed by atoms with Gasteiger partial charge in [-0.2, -0.15) is 4.98 Å². The fraction of sp³-hybridized carbons (Fsp3) is 0.154. The Morgan fingerprint density at radius 3 is 2.63 bits per heavy atom. The zero-order valence-electron chi connectivity index (χ0n) is 10.8. The molecule has 98 valence electrons. The molecule has 0 unspecified atom stereocenters. The maximum Gasteiger partial charge on any atom is 0.269 e. The lowest BCUT2D eigenvalue weighted by Gasteiger charge is -2.09. The second-order valence-electron chi connectivity index (χ2n) is 4.15. The van der Waals surface area contributed by atoms with Gasteiger partial charge >= 0.3 is 0 Å². The summed E-state index contributed by atoms with van der Waals surface area (Å²) in [7, 11) is 0. The monoisotopic (exact) mass is 257 g/mol. The number of rotatable bonds is 3. The van der Waals surface area contributed by atoms with Crippen molar-refractivity contribution in [3.63, 3.8) is 0 Å². The van der Waals surface area contributed by atoms with Gasteiger partial charge in [0.15, 0.2) is 0 Å². The zero-order chi connectivity index (χ0) is 13.8. The predicted molar refractivity (Wildman–Crippen MR) is 73.4 cm³/mol. The van der Waals surface area contributed by atoms with Gasteiger partial charge < -0.3 is 5.73 Å². The lowest BCUT2D eigenvalue weighted by atomic mass is 10.1. The van der Waals surface area contributed by atoms with Gasteiger partial charge in [-0.3, -0.25) is 15.6 Å². The van der Waals surface area contributed by atoms with E-state index in [-0.39, 0.29) is 11.9 Å². The van der Waals surface area contributed by atoms with Gasteiger partial charge in [-0.05, 0) is 25.5 Å². The molecule has 0 aliphatic heterocycles. The molecule has 6 heteroatoms. The number of benzene rings is 1. The summed E-state index contributed by atoms with van der Waals surface area (Å²) in [4.78, 5) is 20.0. The topological polar surface area (TPSA) is 92.9 Å². The summed E-state index contributed by atoms with van der Waals surface area (Å²) >= 11 is 0. The number of hydrogen-bond acceptors (Lipinski definition) is 5. The highest BCUT2D eigenvalue weighted by Gasteiger charge is 2.08. The molecular weight excluding hydrogens is 242 g/mol. The van der Waals surface area contributed by atoms with Gasteiger partial charge in [0, 0.05) is 17.3 Å². The number of nitrogens with zero attached hydrogens (tertiary/aromatic N) is 2. The Morgan fingerprint density at radius 2 is 1.95 bits per heavy atom. The molecule has 1 aromatic heterocycles. The van der Waals surface area contributed by atoms with E-state index >= 15 is 0 Å². The average Bonchev–Trinajstić information content (AvgIpc) is 2.35. The standard InChI is InChI=1S/C13H15N5O/c1-8-5-3-4-6-10(8)12(19)17-18-13-15-9(2)7-11(14)16-13/h3-7H,1-2H3,(H,17,19)(H3,14,15,16,18). The number of aromatic nitrogens is 2.